The molecule has 0 saturated carbocycles. The molecule has 0 unspecified atom stereocenters. The zero-order valence-electron chi connectivity index (χ0n) is 8.20. The van der Waals surface area contributed by atoms with Crippen LogP contribution in [0.3, 0.4) is 0 Å². The number of amides is 1. The average molecular weight is 245 g/mol. The maximum atomic E-state index is 11.8. The van der Waals surface area contributed by atoms with Crippen molar-refractivity contribution < 1.29 is 4.79 Å². The van der Waals surface area contributed by atoms with Gasteiger partial charge in [0.2, 0.25) is 0 Å². The molecule has 15 heavy (non-hydrogen) atoms. The van der Waals surface area contributed by atoms with Crippen LogP contribution >= 0.6 is 23.2 Å². The van der Waals surface area contributed by atoms with Crippen LogP contribution in [0.5, 0.6) is 0 Å². The van der Waals surface area contributed by atoms with Gasteiger partial charge in [-0.15, -0.1) is 6.58 Å². The Morgan fingerprint density at radius 1 is 1.67 bits per heavy atom. The highest BCUT2D eigenvalue weighted by molar-refractivity contribution is 6.35. The second kappa shape index (κ2) is 5.14. The van der Waals surface area contributed by atoms with Crippen LogP contribution in [0.15, 0.2) is 24.9 Å². The lowest BCUT2D eigenvalue weighted by Crippen LogP contribution is -2.27. The molecule has 1 amide bonds. The van der Waals surface area contributed by atoms with E-state index in [-0.39, 0.29) is 11.1 Å². The first-order valence-corrected chi connectivity index (χ1v) is 4.99. The van der Waals surface area contributed by atoms with Crippen molar-refractivity contribution >= 4 is 29.1 Å². The first kappa shape index (κ1) is 12.0. The van der Waals surface area contributed by atoms with Crippen LogP contribution in [0.2, 0.25) is 10.2 Å². The highest BCUT2D eigenvalue weighted by atomic mass is 35.5. The summed E-state index contributed by atoms with van der Waals surface area (Å²) in [6.45, 7) is 4.00. The molecule has 1 aromatic rings. The van der Waals surface area contributed by atoms with Crippen molar-refractivity contribution in [3.63, 3.8) is 0 Å². The Labute approximate surface area is 98.3 Å². The second-order valence-electron chi connectivity index (χ2n) is 2.96. The van der Waals surface area contributed by atoms with Gasteiger partial charge < -0.3 is 4.90 Å². The summed E-state index contributed by atoms with van der Waals surface area (Å²) in [7, 11) is 1.66. The van der Waals surface area contributed by atoms with Crippen molar-refractivity contribution in [2.75, 3.05) is 13.6 Å². The number of nitrogens with zero attached hydrogens (tertiary/aromatic N) is 2. The summed E-state index contributed by atoms with van der Waals surface area (Å²) >= 11 is 11.5. The minimum Gasteiger partial charge on any atom is -0.338 e. The summed E-state index contributed by atoms with van der Waals surface area (Å²) in [6.07, 6.45) is 2.99. The fourth-order valence-electron chi connectivity index (χ4n) is 1.06. The van der Waals surface area contributed by atoms with E-state index in [1.807, 2.05) is 0 Å². The molecule has 0 fully saturated rings. The van der Waals surface area contributed by atoms with Crippen LogP contribution in [0.25, 0.3) is 0 Å². The van der Waals surface area contributed by atoms with Gasteiger partial charge in [0.15, 0.2) is 0 Å². The summed E-state index contributed by atoms with van der Waals surface area (Å²) < 4.78 is 0. The lowest BCUT2D eigenvalue weighted by molar-refractivity contribution is 0.0810. The van der Waals surface area contributed by atoms with Crippen molar-refractivity contribution in [3.05, 3.63) is 40.7 Å². The first-order valence-electron chi connectivity index (χ1n) is 4.23. The number of carbonyl (C=O) groups is 1. The van der Waals surface area contributed by atoms with Gasteiger partial charge in [-0.25, -0.2) is 4.98 Å². The fraction of sp³-hybridized carbons (Fsp3) is 0.200. The zero-order valence-corrected chi connectivity index (χ0v) is 9.72. The molecule has 0 bridgehead atoms. The second-order valence-corrected chi connectivity index (χ2v) is 3.76. The maximum absolute atomic E-state index is 11.8. The molecule has 0 N–H and O–H groups in total. The molecular formula is C10H10Cl2N2O. The summed E-state index contributed by atoms with van der Waals surface area (Å²) in [5.74, 6) is -0.204. The summed E-state index contributed by atoms with van der Waals surface area (Å²) in [5, 5.41) is 0.537. The van der Waals surface area contributed by atoms with Gasteiger partial charge in [-0.1, -0.05) is 29.3 Å². The molecule has 0 aliphatic rings. The Hall–Kier alpha value is -1.06. The van der Waals surface area contributed by atoms with E-state index in [9.17, 15) is 4.79 Å². The number of halogens is 2. The van der Waals surface area contributed by atoms with E-state index in [1.54, 1.807) is 13.1 Å². The van der Waals surface area contributed by atoms with Crippen LogP contribution in [0, 0.1) is 0 Å². The quantitative estimate of drug-likeness (QED) is 0.605. The minimum atomic E-state index is -0.204. The monoisotopic (exact) mass is 244 g/mol. The molecule has 0 spiro atoms. The molecule has 0 aliphatic heterocycles. The molecule has 80 valence electrons. The van der Waals surface area contributed by atoms with Crippen LogP contribution in [-0.2, 0) is 0 Å². The molecule has 0 atom stereocenters. The molecule has 1 heterocycles. The van der Waals surface area contributed by atoms with E-state index in [1.165, 1.54) is 17.2 Å². The highest BCUT2D eigenvalue weighted by Crippen LogP contribution is 2.19. The smallest absolute Gasteiger partial charge is 0.255 e. The van der Waals surface area contributed by atoms with Crippen LogP contribution in [0.4, 0.5) is 0 Å². The number of aromatic nitrogens is 1. The summed E-state index contributed by atoms with van der Waals surface area (Å²) in [5.41, 5.74) is 0.348. The van der Waals surface area contributed by atoms with Gasteiger partial charge in [0, 0.05) is 19.8 Å². The Balaban J connectivity index is 2.99. The number of carbonyl (C=O) groups excluding carboxylic acids is 1. The normalized spacial score (nSPS) is 9.80. The van der Waals surface area contributed by atoms with E-state index in [2.05, 4.69) is 11.6 Å². The zero-order chi connectivity index (χ0) is 11.4. The van der Waals surface area contributed by atoms with Crippen LogP contribution in [0.1, 0.15) is 10.4 Å². The van der Waals surface area contributed by atoms with E-state index < -0.39 is 0 Å². The van der Waals surface area contributed by atoms with Crippen molar-refractivity contribution in [2.45, 2.75) is 0 Å². The number of pyridine rings is 1. The minimum absolute atomic E-state index is 0.204. The van der Waals surface area contributed by atoms with E-state index in [0.717, 1.165) is 0 Å². The number of hydrogen-bond acceptors (Lipinski definition) is 2. The van der Waals surface area contributed by atoms with E-state index in [4.69, 9.17) is 23.2 Å². The molecular weight excluding hydrogens is 235 g/mol. The Kier molecular flexibility index (Phi) is 4.12. The average Bonchev–Trinajstić information content (AvgIpc) is 2.21. The van der Waals surface area contributed by atoms with E-state index in [0.29, 0.717) is 17.1 Å². The SMILES string of the molecule is C=CCN(C)C(=O)c1cc(Cl)ncc1Cl. The largest absolute Gasteiger partial charge is 0.338 e. The molecule has 5 heteroatoms. The van der Waals surface area contributed by atoms with Gasteiger partial charge in [-0.2, -0.15) is 0 Å². The number of hydrogen-bond donors (Lipinski definition) is 0. The molecule has 0 saturated heterocycles. The van der Waals surface area contributed by atoms with Crippen LogP contribution < -0.4 is 0 Å². The maximum Gasteiger partial charge on any atom is 0.255 e. The lowest BCUT2D eigenvalue weighted by atomic mass is 10.2. The standard InChI is InChI=1S/C10H10Cl2N2O/c1-3-4-14(2)10(15)7-5-9(12)13-6-8(7)11/h3,5-6H,1,4H2,2H3. The Bertz CT molecular complexity index is 393. The van der Waals surface area contributed by atoms with Gasteiger partial charge in [0.05, 0.1) is 10.6 Å². The van der Waals surface area contributed by atoms with Crippen molar-refractivity contribution in [3.8, 4) is 0 Å². The topological polar surface area (TPSA) is 33.2 Å². The highest BCUT2D eigenvalue weighted by Gasteiger charge is 2.14. The Morgan fingerprint density at radius 2 is 2.33 bits per heavy atom. The lowest BCUT2D eigenvalue weighted by Gasteiger charge is -2.15. The van der Waals surface area contributed by atoms with Crippen LogP contribution in [-0.4, -0.2) is 29.4 Å². The summed E-state index contributed by atoms with van der Waals surface area (Å²) in [6, 6.07) is 1.45. The number of likely N-dealkylation sites (N-methyl/N-ethyl adjacent to an activating group) is 1. The van der Waals surface area contributed by atoms with E-state index >= 15 is 0 Å². The summed E-state index contributed by atoms with van der Waals surface area (Å²) in [4.78, 5) is 17.1. The van der Waals surface area contributed by atoms with Crippen molar-refractivity contribution in [1.82, 2.24) is 9.88 Å². The van der Waals surface area contributed by atoms with Gasteiger partial charge in [0.25, 0.3) is 5.91 Å². The molecule has 3 nitrogen and oxygen atoms in total. The van der Waals surface area contributed by atoms with Crippen molar-refractivity contribution in [2.24, 2.45) is 0 Å². The molecule has 1 rings (SSSR count). The molecule has 0 aromatic carbocycles. The fourth-order valence-corrected chi connectivity index (χ4v) is 1.40. The van der Waals surface area contributed by atoms with Gasteiger partial charge >= 0.3 is 0 Å². The predicted octanol–water partition coefficient (Wildman–Crippen LogP) is 2.65. The molecule has 0 radical (unpaired) electrons. The van der Waals surface area contributed by atoms with Gasteiger partial charge in [-0.3, -0.25) is 4.79 Å². The van der Waals surface area contributed by atoms with Gasteiger partial charge in [0.1, 0.15) is 5.15 Å². The third-order valence-corrected chi connectivity index (χ3v) is 2.31. The molecule has 0 aliphatic carbocycles. The molecule has 1 aromatic heterocycles. The first-order chi connectivity index (χ1) is 7.06. The predicted molar refractivity (Wildman–Crippen MR) is 61.4 cm³/mol. The van der Waals surface area contributed by atoms with Gasteiger partial charge in [-0.05, 0) is 6.07 Å². The Morgan fingerprint density at radius 3 is 2.93 bits per heavy atom. The third-order valence-electron chi connectivity index (χ3n) is 1.80. The third kappa shape index (κ3) is 2.94. The van der Waals surface area contributed by atoms with Crippen molar-refractivity contribution in [1.29, 1.82) is 0 Å². The number of rotatable bonds is 3.